The SMILES string of the molecule is C[C@H](C=CC(=O)O)[C@H]1CC[C@H]2[C@@H]3[C@H](O)CC4C[C@@H](O)CC[C@]4(C)[C@H]3CC[C@]12C. The zero-order valence-corrected chi connectivity index (χ0v) is 17.7. The Morgan fingerprint density at radius 1 is 1.00 bits per heavy atom. The normalized spacial score (nSPS) is 52.0. The molecule has 0 aromatic rings. The average molecular weight is 391 g/mol. The standard InChI is InChI=1S/C24H38O4/c1-14(4-7-21(27)28)17-5-6-18-22-19(9-11-24(17,18)3)23(2)10-8-16(25)12-15(23)13-20(22)26/h4,7,14-20,22,25-26H,5-6,8-13H2,1-3H3,(H,27,28)/t14-,15?,16+,17-,18+,19+,20-,22+,23+,24-/m1/s1. The minimum atomic E-state index is -0.864. The van der Waals surface area contributed by atoms with E-state index in [0.29, 0.717) is 29.6 Å². The molecule has 4 heteroatoms. The topological polar surface area (TPSA) is 77.8 Å². The number of aliphatic hydroxyl groups excluding tert-OH is 2. The van der Waals surface area contributed by atoms with Crippen molar-refractivity contribution >= 4 is 5.97 Å². The number of rotatable bonds is 3. The summed E-state index contributed by atoms with van der Waals surface area (Å²) < 4.78 is 0. The van der Waals surface area contributed by atoms with Gasteiger partial charge >= 0.3 is 5.97 Å². The molecule has 0 amide bonds. The molecule has 0 aromatic carbocycles. The summed E-state index contributed by atoms with van der Waals surface area (Å²) in [6.45, 7) is 7.03. The van der Waals surface area contributed by atoms with E-state index in [1.807, 2.05) is 6.08 Å². The van der Waals surface area contributed by atoms with Crippen molar-refractivity contribution in [2.24, 2.45) is 46.3 Å². The third-order valence-corrected chi connectivity index (χ3v) is 9.91. The van der Waals surface area contributed by atoms with Crippen molar-refractivity contribution in [1.82, 2.24) is 0 Å². The van der Waals surface area contributed by atoms with Gasteiger partial charge < -0.3 is 15.3 Å². The maximum Gasteiger partial charge on any atom is 0.327 e. The zero-order valence-electron chi connectivity index (χ0n) is 17.7. The molecule has 3 N–H and O–H groups in total. The van der Waals surface area contributed by atoms with Crippen molar-refractivity contribution < 1.29 is 20.1 Å². The van der Waals surface area contributed by atoms with E-state index in [2.05, 4.69) is 20.8 Å². The summed E-state index contributed by atoms with van der Waals surface area (Å²) in [5.74, 6) is 1.82. The van der Waals surface area contributed by atoms with E-state index in [0.717, 1.165) is 38.5 Å². The van der Waals surface area contributed by atoms with Crippen LogP contribution in [0.25, 0.3) is 0 Å². The van der Waals surface area contributed by atoms with Crippen LogP contribution in [0.5, 0.6) is 0 Å². The van der Waals surface area contributed by atoms with E-state index in [9.17, 15) is 15.0 Å². The summed E-state index contributed by atoms with van der Waals surface area (Å²) >= 11 is 0. The van der Waals surface area contributed by atoms with Crippen LogP contribution in [0.2, 0.25) is 0 Å². The van der Waals surface area contributed by atoms with Crippen LogP contribution >= 0.6 is 0 Å². The number of aliphatic carboxylic acids is 1. The van der Waals surface area contributed by atoms with Crippen molar-refractivity contribution in [3.8, 4) is 0 Å². The van der Waals surface area contributed by atoms with Gasteiger partial charge in [-0.1, -0.05) is 26.8 Å². The van der Waals surface area contributed by atoms with Gasteiger partial charge in [-0.05, 0) is 97.7 Å². The van der Waals surface area contributed by atoms with Crippen LogP contribution in [0.15, 0.2) is 12.2 Å². The molecular formula is C24H38O4. The first-order chi connectivity index (χ1) is 13.2. The monoisotopic (exact) mass is 390 g/mol. The Labute approximate surface area is 169 Å². The molecule has 0 bridgehead atoms. The van der Waals surface area contributed by atoms with E-state index >= 15 is 0 Å². The smallest absolute Gasteiger partial charge is 0.327 e. The highest BCUT2D eigenvalue weighted by Gasteiger charge is 2.62. The van der Waals surface area contributed by atoms with Gasteiger partial charge in [-0.15, -0.1) is 0 Å². The van der Waals surface area contributed by atoms with Gasteiger partial charge in [0.05, 0.1) is 12.2 Å². The molecule has 4 saturated carbocycles. The molecule has 4 aliphatic rings. The molecule has 158 valence electrons. The number of hydrogen-bond acceptors (Lipinski definition) is 3. The van der Waals surface area contributed by atoms with Gasteiger partial charge in [-0.3, -0.25) is 0 Å². The summed E-state index contributed by atoms with van der Waals surface area (Å²) in [6.07, 6.45) is 11.1. The molecule has 0 aromatic heterocycles. The number of fused-ring (bicyclic) bond motifs is 5. The Morgan fingerprint density at radius 3 is 2.39 bits per heavy atom. The van der Waals surface area contributed by atoms with Gasteiger partial charge in [0.1, 0.15) is 0 Å². The Kier molecular flexibility index (Phi) is 5.19. The first-order valence-electron chi connectivity index (χ1n) is 11.4. The quantitative estimate of drug-likeness (QED) is 0.630. The predicted octanol–water partition coefficient (Wildman–Crippen LogP) is 4.25. The van der Waals surface area contributed by atoms with Crippen molar-refractivity contribution in [3.63, 3.8) is 0 Å². The lowest BCUT2D eigenvalue weighted by Crippen LogP contribution is -2.58. The van der Waals surface area contributed by atoms with Crippen LogP contribution in [0.3, 0.4) is 0 Å². The lowest BCUT2D eigenvalue weighted by Gasteiger charge is -2.62. The molecular weight excluding hydrogens is 352 g/mol. The number of aliphatic hydroxyl groups is 2. The number of carboxylic acids is 1. The second-order valence-corrected chi connectivity index (χ2v) is 11.0. The van der Waals surface area contributed by atoms with E-state index in [1.54, 1.807) is 0 Å². The van der Waals surface area contributed by atoms with E-state index in [4.69, 9.17) is 5.11 Å². The summed E-state index contributed by atoms with van der Waals surface area (Å²) in [5.41, 5.74) is 0.457. The van der Waals surface area contributed by atoms with Crippen LogP contribution in [-0.2, 0) is 4.79 Å². The van der Waals surface area contributed by atoms with Crippen molar-refractivity contribution in [2.45, 2.75) is 84.3 Å². The van der Waals surface area contributed by atoms with Crippen LogP contribution in [0, 0.1) is 46.3 Å². The lowest BCUT2D eigenvalue weighted by atomic mass is 9.43. The molecule has 4 rings (SSSR count). The molecule has 10 atom stereocenters. The second kappa shape index (κ2) is 7.12. The van der Waals surface area contributed by atoms with Crippen LogP contribution in [0.4, 0.5) is 0 Å². The van der Waals surface area contributed by atoms with Gasteiger partial charge in [-0.2, -0.15) is 0 Å². The molecule has 0 aliphatic heterocycles. The first-order valence-corrected chi connectivity index (χ1v) is 11.4. The lowest BCUT2D eigenvalue weighted by molar-refractivity contribution is -0.173. The van der Waals surface area contributed by atoms with Crippen LogP contribution in [-0.4, -0.2) is 33.5 Å². The fraction of sp³-hybridized carbons (Fsp3) is 0.875. The van der Waals surface area contributed by atoms with Gasteiger partial charge in [0.15, 0.2) is 0 Å². The average Bonchev–Trinajstić information content (AvgIpc) is 2.98. The van der Waals surface area contributed by atoms with E-state index in [-0.39, 0.29) is 29.0 Å². The first kappa shape index (κ1) is 20.4. The molecule has 0 spiro atoms. The summed E-state index contributed by atoms with van der Waals surface area (Å²) in [4.78, 5) is 11.0. The zero-order chi connectivity index (χ0) is 20.3. The minimum Gasteiger partial charge on any atom is -0.478 e. The molecule has 28 heavy (non-hydrogen) atoms. The third-order valence-electron chi connectivity index (χ3n) is 9.91. The third kappa shape index (κ3) is 3.06. The number of carbonyl (C=O) groups is 1. The Morgan fingerprint density at radius 2 is 1.68 bits per heavy atom. The Hall–Kier alpha value is -0.870. The van der Waals surface area contributed by atoms with E-state index in [1.165, 1.54) is 18.9 Å². The second-order valence-electron chi connectivity index (χ2n) is 11.0. The fourth-order valence-corrected chi connectivity index (χ4v) is 8.47. The largest absolute Gasteiger partial charge is 0.478 e. The molecule has 0 radical (unpaired) electrons. The fourth-order valence-electron chi connectivity index (χ4n) is 8.47. The van der Waals surface area contributed by atoms with Gasteiger partial charge in [0.2, 0.25) is 0 Å². The summed E-state index contributed by atoms with van der Waals surface area (Å²) in [5, 5.41) is 30.4. The van der Waals surface area contributed by atoms with Crippen molar-refractivity contribution in [3.05, 3.63) is 12.2 Å². The maximum atomic E-state index is 11.2. The van der Waals surface area contributed by atoms with Crippen LogP contribution < -0.4 is 0 Å². The molecule has 0 heterocycles. The number of allylic oxidation sites excluding steroid dienone is 1. The Bertz CT molecular complexity index is 645. The van der Waals surface area contributed by atoms with Crippen LogP contribution in [0.1, 0.15) is 72.1 Å². The molecule has 1 unspecified atom stereocenters. The number of carboxylic acid groups (broad SMARTS) is 1. The summed E-state index contributed by atoms with van der Waals surface area (Å²) in [6, 6.07) is 0. The highest BCUT2D eigenvalue weighted by molar-refractivity contribution is 5.79. The summed E-state index contributed by atoms with van der Waals surface area (Å²) in [7, 11) is 0. The van der Waals surface area contributed by atoms with Gasteiger partial charge in [-0.25, -0.2) is 4.79 Å². The highest BCUT2D eigenvalue weighted by atomic mass is 16.4. The molecule has 0 saturated heterocycles. The van der Waals surface area contributed by atoms with E-state index < -0.39 is 5.97 Å². The predicted molar refractivity (Wildman–Crippen MR) is 109 cm³/mol. The Balaban J connectivity index is 1.59. The molecule has 4 aliphatic carbocycles. The van der Waals surface area contributed by atoms with Crippen molar-refractivity contribution in [1.29, 1.82) is 0 Å². The minimum absolute atomic E-state index is 0.187. The van der Waals surface area contributed by atoms with Gasteiger partial charge in [0.25, 0.3) is 0 Å². The number of hydrogen-bond donors (Lipinski definition) is 3. The van der Waals surface area contributed by atoms with Crippen molar-refractivity contribution in [2.75, 3.05) is 0 Å². The maximum absolute atomic E-state index is 11.2. The highest BCUT2D eigenvalue weighted by Crippen LogP contribution is 2.68. The molecule has 4 nitrogen and oxygen atoms in total. The molecule has 4 fully saturated rings. The van der Waals surface area contributed by atoms with Gasteiger partial charge in [0, 0.05) is 6.08 Å².